The fraction of sp³-hybridized carbons (Fsp3) is 0.944. The van der Waals surface area contributed by atoms with Crippen molar-refractivity contribution in [2.45, 2.75) is 70.8 Å². The second-order valence-electron chi connectivity index (χ2n) is 7.52. The van der Waals surface area contributed by atoms with E-state index in [9.17, 15) is 4.79 Å². The van der Waals surface area contributed by atoms with E-state index in [1.807, 2.05) is 0 Å². The van der Waals surface area contributed by atoms with Crippen molar-refractivity contribution in [3.05, 3.63) is 0 Å². The van der Waals surface area contributed by atoms with E-state index >= 15 is 0 Å². The molecule has 0 spiro atoms. The van der Waals surface area contributed by atoms with Crippen molar-refractivity contribution in [1.82, 2.24) is 9.80 Å². The largest absolute Gasteiger partial charge is 0.338 e. The lowest BCUT2D eigenvalue weighted by molar-refractivity contribution is -0.138. The predicted molar refractivity (Wildman–Crippen MR) is 86.1 cm³/mol. The minimum absolute atomic E-state index is 0.417. The fourth-order valence-electron chi connectivity index (χ4n) is 4.43. The molecule has 1 heterocycles. The fourth-order valence-corrected chi connectivity index (χ4v) is 4.43. The zero-order valence-electron chi connectivity index (χ0n) is 13.7. The third-order valence-electron chi connectivity index (χ3n) is 5.68. The summed E-state index contributed by atoms with van der Waals surface area (Å²) in [4.78, 5) is 17.5. The lowest BCUT2D eigenvalue weighted by Crippen LogP contribution is -2.52. The number of nitrogens with zero attached hydrogens (tertiary/aromatic N) is 2. The number of rotatable bonds is 6. The molecule has 2 unspecified atom stereocenters. The molecule has 2 saturated carbocycles. The van der Waals surface area contributed by atoms with Gasteiger partial charge in [-0.2, -0.15) is 0 Å². The summed E-state index contributed by atoms with van der Waals surface area (Å²) in [5.41, 5.74) is 0. The van der Waals surface area contributed by atoms with Crippen LogP contribution in [0.25, 0.3) is 0 Å². The van der Waals surface area contributed by atoms with Crippen LogP contribution in [0.4, 0.5) is 0 Å². The Bertz CT molecular complexity index is 351. The van der Waals surface area contributed by atoms with Crippen LogP contribution in [-0.4, -0.2) is 47.9 Å². The van der Waals surface area contributed by atoms with Gasteiger partial charge in [0.05, 0.1) is 6.54 Å². The van der Waals surface area contributed by atoms with Crippen molar-refractivity contribution in [1.29, 1.82) is 0 Å². The van der Waals surface area contributed by atoms with Gasteiger partial charge in [-0.3, -0.25) is 9.69 Å². The Morgan fingerprint density at radius 1 is 1.10 bits per heavy atom. The van der Waals surface area contributed by atoms with E-state index in [4.69, 9.17) is 0 Å². The second-order valence-corrected chi connectivity index (χ2v) is 7.52. The summed E-state index contributed by atoms with van der Waals surface area (Å²) in [6.07, 6.45) is 11.8. The molecule has 0 bridgehead atoms. The van der Waals surface area contributed by atoms with Gasteiger partial charge in [0, 0.05) is 19.1 Å². The highest BCUT2D eigenvalue weighted by molar-refractivity contribution is 5.78. The van der Waals surface area contributed by atoms with E-state index in [2.05, 4.69) is 16.7 Å². The maximum absolute atomic E-state index is 12.8. The van der Waals surface area contributed by atoms with E-state index in [1.54, 1.807) is 0 Å². The second kappa shape index (κ2) is 7.13. The maximum Gasteiger partial charge on any atom is 0.237 e. The lowest BCUT2D eigenvalue weighted by atomic mass is 9.78. The van der Waals surface area contributed by atoms with Gasteiger partial charge in [0.2, 0.25) is 5.91 Å². The van der Waals surface area contributed by atoms with Crippen LogP contribution in [0.2, 0.25) is 0 Å². The maximum atomic E-state index is 12.8. The first-order valence-electron chi connectivity index (χ1n) is 9.29. The van der Waals surface area contributed by atoms with Gasteiger partial charge in [-0.25, -0.2) is 0 Å². The van der Waals surface area contributed by atoms with Crippen molar-refractivity contribution in [2.24, 2.45) is 11.8 Å². The Morgan fingerprint density at radius 3 is 2.62 bits per heavy atom. The van der Waals surface area contributed by atoms with Crippen LogP contribution in [0.3, 0.4) is 0 Å². The molecule has 1 amide bonds. The SMILES string of the molecule is CCCN(CC(=O)N1CCCC2CCCCC21)CC1CC1. The van der Waals surface area contributed by atoms with E-state index in [0.29, 0.717) is 18.5 Å². The summed E-state index contributed by atoms with van der Waals surface area (Å²) in [5, 5.41) is 0. The first kappa shape index (κ1) is 15.3. The van der Waals surface area contributed by atoms with Crippen LogP contribution in [0, 0.1) is 11.8 Å². The third kappa shape index (κ3) is 4.00. The predicted octanol–water partition coefficient (Wildman–Crippen LogP) is 3.29. The van der Waals surface area contributed by atoms with Gasteiger partial charge in [-0.15, -0.1) is 0 Å². The molecule has 2 atom stereocenters. The molecule has 3 rings (SSSR count). The van der Waals surface area contributed by atoms with Crippen molar-refractivity contribution in [3.63, 3.8) is 0 Å². The summed E-state index contributed by atoms with van der Waals surface area (Å²) >= 11 is 0. The average Bonchev–Trinajstić information content (AvgIpc) is 3.31. The quantitative estimate of drug-likeness (QED) is 0.750. The number of carbonyl (C=O) groups is 1. The van der Waals surface area contributed by atoms with Gasteiger partial charge in [0.25, 0.3) is 0 Å². The Morgan fingerprint density at radius 2 is 1.86 bits per heavy atom. The molecular weight excluding hydrogens is 260 g/mol. The summed E-state index contributed by atoms with van der Waals surface area (Å²) < 4.78 is 0. The van der Waals surface area contributed by atoms with Crippen molar-refractivity contribution in [2.75, 3.05) is 26.2 Å². The van der Waals surface area contributed by atoms with Crippen LogP contribution in [0.15, 0.2) is 0 Å². The zero-order valence-corrected chi connectivity index (χ0v) is 13.7. The molecule has 120 valence electrons. The van der Waals surface area contributed by atoms with Crippen molar-refractivity contribution in [3.8, 4) is 0 Å². The first-order chi connectivity index (χ1) is 10.3. The zero-order chi connectivity index (χ0) is 14.7. The number of amides is 1. The monoisotopic (exact) mass is 292 g/mol. The highest BCUT2D eigenvalue weighted by Crippen LogP contribution is 2.35. The molecule has 0 aromatic rings. The van der Waals surface area contributed by atoms with Crippen molar-refractivity contribution >= 4 is 5.91 Å². The van der Waals surface area contributed by atoms with Crippen LogP contribution in [-0.2, 0) is 4.79 Å². The standard InChI is InChI=1S/C18H32N2O/c1-2-11-19(13-15-9-10-15)14-18(21)20-12-5-7-16-6-3-4-8-17(16)20/h15-17H,2-14H2,1H3. The summed E-state index contributed by atoms with van der Waals surface area (Å²) in [7, 11) is 0. The Balaban J connectivity index is 1.56. The number of carbonyl (C=O) groups excluding carboxylic acids is 1. The molecule has 3 fully saturated rings. The van der Waals surface area contributed by atoms with Gasteiger partial charge >= 0.3 is 0 Å². The number of hydrogen-bond donors (Lipinski definition) is 0. The van der Waals surface area contributed by atoms with E-state index < -0.39 is 0 Å². The van der Waals surface area contributed by atoms with Crippen LogP contribution in [0.1, 0.15) is 64.7 Å². The smallest absolute Gasteiger partial charge is 0.237 e. The average molecular weight is 292 g/mol. The van der Waals surface area contributed by atoms with Gasteiger partial charge in [0.1, 0.15) is 0 Å². The van der Waals surface area contributed by atoms with Gasteiger partial charge in [-0.1, -0.05) is 19.8 Å². The first-order valence-corrected chi connectivity index (χ1v) is 9.29. The number of hydrogen-bond acceptors (Lipinski definition) is 2. The van der Waals surface area contributed by atoms with E-state index in [1.165, 1.54) is 51.4 Å². The summed E-state index contributed by atoms with van der Waals surface area (Å²) in [6, 6.07) is 0.574. The molecule has 3 heteroatoms. The van der Waals surface area contributed by atoms with Gasteiger partial charge < -0.3 is 4.90 Å². The van der Waals surface area contributed by atoms with Gasteiger partial charge in [0.15, 0.2) is 0 Å². The minimum atomic E-state index is 0.417. The molecule has 1 saturated heterocycles. The van der Waals surface area contributed by atoms with E-state index in [0.717, 1.165) is 37.9 Å². The number of fused-ring (bicyclic) bond motifs is 1. The summed E-state index contributed by atoms with van der Waals surface area (Å²) in [5.74, 6) is 2.10. The Labute approximate surface area is 130 Å². The molecule has 0 aromatic carbocycles. The number of likely N-dealkylation sites (tertiary alicyclic amines) is 1. The molecular formula is C18H32N2O. The van der Waals surface area contributed by atoms with E-state index in [-0.39, 0.29) is 0 Å². The number of piperidine rings is 1. The molecule has 0 aromatic heterocycles. The summed E-state index contributed by atoms with van der Waals surface area (Å²) in [6.45, 7) is 6.16. The molecule has 1 aliphatic heterocycles. The van der Waals surface area contributed by atoms with Crippen LogP contribution >= 0.6 is 0 Å². The van der Waals surface area contributed by atoms with Gasteiger partial charge in [-0.05, 0) is 63.3 Å². The third-order valence-corrected chi connectivity index (χ3v) is 5.68. The molecule has 0 radical (unpaired) electrons. The molecule has 2 aliphatic carbocycles. The Kier molecular flexibility index (Phi) is 5.20. The topological polar surface area (TPSA) is 23.6 Å². The normalized spacial score (nSPS) is 29.5. The molecule has 21 heavy (non-hydrogen) atoms. The highest BCUT2D eigenvalue weighted by Gasteiger charge is 2.36. The molecule has 3 nitrogen and oxygen atoms in total. The lowest BCUT2D eigenvalue weighted by Gasteiger charge is -2.44. The highest BCUT2D eigenvalue weighted by atomic mass is 16.2. The minimum Gasteiger partial charge on any atom is -0.338 e. The van der Waals surface area contributed by atoms with Crippen LogP contribution < -0.4 is 0 Å². The van der Waals surface area contributed by atoms with Crippen molar-refractivity contribution < 1.29 is 4.79 Å². The van der Waals surface area contributed by atoms with Crippen LogP contribution in [0.5, 0.6) is 0 Å². The molecule has 3 aliphatic rings. The molecule has 0 N–H and O–H groups in total. The Hall–Kier alpha value is -0.570.